The number of unbranched alkanes of at least 4 members (excludes halogenated alkanes) is 3. The Kier molecular flexibility index (Phi) is 5.83. The van der Waals surface area contributed by atoms with Gasteiger partial charge < -0.3 is 15.0 Å². The summed E-state index contributed by atoms with van der Waals surface area (Å²) in [6.07, 6.45) is 7.73. The first-order valence-electron chi connectivity index (χ1n) is 6.93. The van der Waals surface area contributed by atoms with Crippen LogP contribution in [-0.2, 0) is 0 Å². The van der Waals surface area contributed by atoms with Crippen LogP contribution in [0.1, 0.15) is 35.4 Å². The van der Waals surface area contributed by atoms with Crippen molar-refractivity contribution in [3.05, 3.63) is 40.8 Å². The second-order valence-corrected chi connectivity index (χ2v) is 5.54. The number of hydrogen-bond acceptors (Lipinski definition) is 3. The van der Waals surface area contributed by atoms with Gasteiger partial charge in [0.25, 0.3) is 5.91 Å². The molecule has 0 atom stereocenters. The van der Waals surface area contributed by atoms with Crippen LogP contribution < -0.4 is 5.32 Å². The van der Waals surface area contributed by atoms with Gasteiger partial charge in [-0.2, -0.15) is 0 Å². The average Bonchev–Trinajstić information content (AvgIpc) is 3.11. The van der Waals surface area contributed by atoms with Crippen LogP contribution in [0.25, 0.3) is 5.69 Å². The molecule has 0 radical (unpaired) electrons. The molecule has 0 aliphatic carbocycles. The van der Waals surface area contributed by atoms with Gasteiger partial charge in [0.1, 0.15) is 4.88 Å². The van der Waals surface area contributed by atoms with Crippen molar-refractivity contribution in [1.29, 1.82) is 0 Å². The lowest BCUT2D eigenvalue weighted by Gasteiger charge is -2.07. The number of carbonyl (C=O) groups is 1. The zero-order chi connectivity index (χ0) is 14.2. The van der Waals surface area contributed by atoms with Crippen LogP contribution in [-0.4, -0.2) is 28.7 Å². The number of aliphatic hydroxyl groups excluding tert-OH is 1. The van der Waals surface area contributed by atoms with E-state index in [1.807, 2.05) is 40.5 Å². The largest absolute Gasteiger partial charge is 0.396 e. The van der Waals surface area contributed by atoms with Gasteiger partial charge >= 0.3 is 0 Å². The van der Waals surface area contributed by atoms with Crippen molar-refractivity contribution in [3.63, 3.8) is 0 Å². The highest BCUT2D eigenvalue weighted by molar-refractivity contribution is 7.12. The lowest BCUT2D eigenvalue weighted by molar-refractivity contribution is 0.0957. The summed E-state index contributed by atoms with van der Waals surface area (Å²) in [5.41, 5.74) is 0.929. The first kappa shape index (κ1) is 14.8. The summed E-state index contributed by atoms with van der Waals surface area (Å²) < 4.78 is 1.95. The SMILES string of the molecule is O=C(NCCCCCCO)c1sccc1-n1cccc1. The number of amides is 1. The van der Waals surface area contributed by atoms with E-state index in [2.05, 4.69) is 5.32 Å². The van der Waals surface area contributed by atoms with Gasteiger partial charge in [0.15, 0.2) is 0 Å². The van der Waals surface area contributed by atoms with Crippen LogP contribution in [0.3, 0.4) is 0 Å². The van der Waals surface area contributed by atoms with Crippen molar-refractivity contribution >= 4 is 17.2 Å². The van der Waals surface area contributed by atoms with Crippen LogP contribution in [0.5, 0.6) is 0 Å². The maximum atomic E-state index is 12.2. The topological polar surface area (TPSA) is 54.3 Å². The maximum absolute atomic E-state index is 12.2. The predicted octanol–water partition coefficient (Wildman–Crippen LogP) is 2.82. The first-order valence-corrected chi connectivity index (χ1v) is 7.81. The van der Waals surface area contributed by atoms with Crippen molar-refractivity contribution in [2.45, 2.75) is 25.7 Å². The number of carbonyl (C=O) groups excluding carboxylic acids is 1. The summed E-state index contributed by atoms with van der Waals surface area (Å²) in [7, 11) is 0. The summed E-state index contributed by atoms with van der Waals surface area (Å²) in [5.74, 6) is -0.00846. The Morgan fingerprint density at radius 2 is 1.95 bits per heavy atom. The molecular weight excluding hydrogens is 272 g/mol. The zero-order valence-corrected chi connectivity index (χ0v) is 12.2. The normalized spacial score (nSPS) is 10.7. The fraction of sp³-hybridized carbons (Fsp3) is 0.400. The van der Waals surface area contributed by atoms with E-state index >= 15 is 0 Å². The molecule has 2 N–H and O–H groups in total. The molecular formula is C15H20N2O2S. The van der Waals surface area contributed by atoms with E-state index in [9.17, 15) is 4.79 Å². The highest BCUT2D eigenvalue weighted by Gasteiger charge is 2.13. The van der Waals surface area contributed by atoms with Crippen molar-refractivity contribution in [1.82, 2.24) is 9.88 Å². The first-order chi connectivity index (χ1) is 9.83. The lowest BCUT2D eigenvalue weighted by Crippen LogP contribution is -2.24. The minimum atomic E-state index is -0.00846. The van der Waals surface area contributed by atoms with Gasteiger partial charge in [0, 0.05) is 25.5 Å². The van der Waals surface area contributed by atoms with Crippen molar-refractivity contribution in [2.24, 2.45) is 0 Å². The molecule has 5 heteroatoms. The molecule has 0 saturated heterocycles. The Morgan fingerprint density at radius 3 is 2.70 bits per heavy atom. The molecule has 2 heterocycles. The van der Waals surface area contributed by atoms with Gasteiger partial charge in [0.05, 0.1) is 5.69 Å². The summed E-state index contributed by atoms with van der Waals surface area (Å²) in [6, 6.07) is 5.85. The number of thiophene rings is 1. The Hall–Kier alpha value is -1.59. The molecule has 0 unspecified atom stereocenters. The van der Waals surface area contributed by atoms with E-state index in [1.165, 1.54) is 11.3 Å². The highest BCUT2D eigenvalue weighted by Crippen LogP contribution is 2.21. The van der Waals surface area contributed by atoms with E-state index in [0.29, 0.717) is 6.54 Å². The zero-order valence-electron chi connectivity index (χ0n) is 11.4. The smallest absolute Gasteiger partial charge is 0.263 e. The Morgan fingerprint density at radius 1 is 1.20 bits per heavy atom. The van der Waals surface area contributed by atoms with E-state index in [0.717, 1.165) is 36.2 Å². The van der Waals surface area contributed by atoms with Crippen molar-refractivity contribution in [2.75, 3.05) is 13.2 Å². The Balaban J connectivity index is 1.83. The molecule has 4 nitrogen and oxygen atoms in total. The molecule has 0 fully saturated rings. The summed E-state index contributed by atoms with van der Waals surface area (Å²) in [6.45, 7) is 0.940. The number of nitrogens with one attached hydrogen (secondary N) is 1. The second kappa shape index (κ2) is 7.87. The number of rotatable bonds is 8. The maximum Gasteiger partial charge on any atom is 0.263 e. The van der Waals surface area contributed by atoms with Crippen LogP contribution in [0.4, 0.5) is 0 Å². The highest BCUT2D eigenvalue weighted by atomic mass is 32.1. The third-order valence-electron chi connectivity index (χ3n) is 3.10. The van der Waals surface area contributed by atoms with E-state index < -0.39 is 0 Å². The molecule has 0 bridgehead atoms. The molecule has 2 aromatic heterocycles. The van der Waals surface area contributed by atoms with Crippen LogP contribution >= 0.6 is 11.3 Å². The van der Waals surface area contributed by atoms with Gasteiger partial charge in [0.2, 0.25) is 0 Å². The summed E-state index contributed by atoms with van der Waals surface area (Å²) in [5, 5.41) is 13.6. The fourth-order valence-electron chi connectivity index (χ4n) is 2.04. The average molecular weight is 292 g/mol. The van der Waals surface area contributed by atoms with Gasteiger partial charge in [-0.3, -0.25) is 4.79 Å². The molecule has 0 aliphatic heterocycles. The molecule has 108 valence electrons. The molecule has 2 aromatic rings. The number of nitrogens with zero attached hydrogens (tertiary/aromatic N) is 1. The van der Waals surface area contributed by atoms with Gasteiger partial charge in [-0.05, 0) is 36.4 Å². The Bertz CT molecular complexity index is 520. The third-order valence-corrected chi connectivity index (χ3v) is 4.01. The monoisotopic (exact) mass is 292 g/mol. The molecule has 0 aromatic carbocycles. The van der Waals surface area contributed by atoms with Gasteiger partial charge in [-0.1, -0.05) is 12.8 Å². The van der Waals surface area contributed by atoms with Crippen molar-refractivity contribution in [3.8, 4) is 5.69 Å². The minimum Gasteiger partial charge on any atom is -0.396 e. The van der Waals surface area contributed by atoms with Crippen LogP contribution in [0.2, 0.25) is 0 Å². The molecule has 0 aliphatic rings. The third kappa shape index (κ3) is 3.95. The van der Waals surface area contributed by atoms with Crippen LogP contribution in [0, 0.1) is 0 Å². The predicted molar refractivity (Wildman–Crippen MR) is 81.5 cm³/mol. The standard InChI is InChI=1S/C15H20N2O2S/c18-11-6-2-1-3-8-16-15(19)14-13(7-12-20-14)17-9-4-5-10-17/h4-5,7,9-10,12,18H,1-3,6,8,11H2,(H,16,19). The molecule has 20 heavy (non-hydrogen) atoms. The van der Waals surface area contributed by atoms with E-state index in [4.69, 9.17) is 5.11 Å². The van der Waals surface area contributed by atoms with E-state index in [-0.39, 0.29) is 12.5 Å². The number of hydrogen-bond donors (Lipinski definition) is 2. The van der Waals surface area contributed by atoms with Gasteiger partial charge in [-0.25, -0.2) is 0 Å². The summed E-state index contributed by atoms with van der Waals surface area (Å²) in [4.78, 5) is 12.9. The Labute approximate surface area is 123 Å². The lowest BCUT2D eigenvalue weighted by atomic mass is 10.2. The van der Waals surface area contributed by atoms with E-state index in [1.54, 1.807) is 0 Å². The molecule has 1 amide bonds. The minimum absolute atomic E-state index is 0.00846. The summed E-state index contributed by atoms with van der Waals surface area (Å²) >= 11 is 1.46. The number of aromatic nitrogens is 1. The second-order valence-electron chi connectivity index (χ2n) is 4.62. The molecule has 0 spiro atoms. The molecule has 2 rings (SSSR count). The van der Waals surface area contributed by atoms with Crippen LogP contribution in [0.15, 0.2) is 36.0 Å². The number of aliphatic hydroxyl groups is 1. The fourth-order valence-corrected chi connectivity index (χ4v) is 2.85. The molecule has 0 saturated carbocycles. The van der Waals surface area contributed by atoms with Gasteiger partial charge in [-0.15, -0.1) is 11.3 Å². The quantitative estimate of drug-likeness (QED) is 0.735. The van der Waals surface area contributed by atoms with Crippen molar-refractivity contribution < 1.29 is 9.90 Å².